The Morgan fingerprint density at radius 3 is 2.59 bits per heavy atom. The number of hydrogen-bond donors (Lipinski definition) is 2. The number of tetrazole rings is 1. The van der Waals surface area contributed by atoms with Gasteiger partial charge in [0.1, 0.15) is 11.3 Å². The molecule has 0 radical (unpaired) electrons. The van der Waals surface area contributed by atoms with Gasteiger partial charge in [0.05, 0.1) is 11.4 Å². The minimum absolute atomic E-state index is 0.176. The summed E-state index contributed by atoms with van der Waals surface area (Å²) in [4.78, 5) is 37.6. The van der Waals surface area contributed by atoms with Crippen LogP contribution in [0.25, 0.3) is 5.69 Å². The van der Waals surface area contributed by atoms with E-state index < -0.39 is 35.5 Å². The van der Waals surface area contributed by atoms with Crippen molar-refractivity contribution in [3.05, 3.63) is 24.3 Å². The van der Waals surface area contributed by atoms with Crippen molar-refractivity contribution in [2.75, 3.05) is 5.75 Å². The first-order chi connectivity index (χ1) is 16.1. The standard InChI is InChI=1S/C19H20F3N7O4S/c1-11-6-8-18(9-7-11)15(31)29(16(32)23-18)25-14(30)10-34-17-24-26-27-28(17)12-2-4-13(5-3-12)33-19(20,21)22/h2-5,11H,6-10H2,1H3,(H,23,32)(H,25,30). The first kappa shape index (κ1) is 23.8. The number of aromatic nitrogens is 4. The molecule has 2 N–H and O–H groups in total. The number of rotatable bonds is 6. The molecule has 1 aliphatic carbocycles. The van der Waals surface area contributed by atoms with E-state index in [1.165, 1.54) is 16.8 Å². The molecule has 1 aromatic heterocycles. The number of alkyl halides is 3. The zero-order valence-electron chi connectivity index (χ0n) is 17.8. The lowest BCUT2D eigenvalue weighted by Crippen LogP contribution is -2.51. The third kappa shape index (κ3) is 5.08. The van der Waals surface area contributed by atoms with E-state index in [0.29, 0.717) is 29.5 Å². The van der Waals surface area contributed by atoms with E-state index in [-0.39, 0.29) is 10.9 Å². The number of ether oxygens (including phenoxy) is 1. The van der Waals surface area contributed by atoms with E-state index in [0.717, 1.165) is 36.7 Å². The summed E-state index contributed by atoms with van der Waals surface area (Å²) in [5, 5.41) is 14.7. The van der Waals surface area contributed by atoms with E-state index in [1.54, 1.807) is 0 Å². The molecular formula is C19H20F3N7O4S. The Bertz CT molecular complexity index is 1080. The number of urea groups is 1. The molecule has 34 heavy (non-hydrogen) atoms. The Balaban J connectivity index is 1.35. The molecule has 2 aliphatic rings. The third-order valence-electron chi connectivity index (χ3n) is 5.61. The molecule has 2 heterocycles. The lowest BCUT2D eigenvalue weighted by molar-refractivity contribution is -0.274. The number of benzene rings is 1. The number of carbonyl (C=O) groups excluding carboxylic acids is 3. The average molecular weight is 499 g/mol. The Labute approximate surface area is 195 Å². The minimum atomic E-state index is -4.81. The second-order valence-electron chi connectivity index (χ2n) is 8.07. The number of thioether (sulfide) groups is 1. The molecule has 1 aromatic carbocycles. The van der Waals surface area contributed by atoms with E-state index in [2.05, 4.69) is 37.9 Å². The highest BCUT2D eigenvalue weighted by molar-refractivity contribution is 7.99. The molecule has 1 spiro atoms. The van der Waals surface area contributed by atoms with Gasteiger partial charge in [0.25, 0.3) is 5.91 Å². The zero-order valence-corrected chi connectivity index (χ0v) is 18.6. The van der Waals surface area contributed by atoms with Gasteiger partial charge in [-0.3, -0.25) is 15.0 Å². The van der Waals surface area contributed by atoms with Crippen molar-refractivity contribution in [1.82, 2.24) is 36.0 Å². The largest absolute Gasteiger partial charge is 0.573 e. The van der Waals surface area contributed by atoms with Gasteiger partial charge in [0.2, 0.25) is 11.1 Å². The van der Waals surface area contributed by atoms with Gasteiger partial charge in [-0.1, -0.05) is 18.7 Å². The van der Waals surface area contributed by atoms with Crippen LogP contribution in [0.4, 0.5) is 18.0 Å². The Morgan fingerprint density at radius 2 is 1.94 bits per heavy atom. The van der Waals surface area contributed by atoms with Crippen molar-refractivity contribution in [3.63, 3.8) is 0 Å². The van der Waals surface area contributed by atoms with Gasteiger partial charge in [-0.05, 0) is 66.3 Å². The molecule has 1 aliphatic heterocycles. The van der Waals surface area contributed by atoms with E-state index in [9.17, 15) is 27.6 Å². The third-order valence-corrected chi connectivity index (χ3v) is 6.53. The number of halogens is 3. The molecule has 1 saturated carbocycles. The van der Waals surface area contributed by atoms with Crippen molar-refractivity contribution in [2.24, 2.45) is 5.92 Å². The Morgan fingerprint density at radius 1 is 1.26 bits per heavy atom. The summed E-state index contributed by atoms with van der Waals surface area (Å²) < 4.78 is 42.0. The molecule has 1 saturated heterocycles. The summed E-state index contributed by atoms with van der Waals surface area (Å²) in [6, 6.07) is 4.17. The average Bonchev–Trinajstić information content (AvgIpc) is 3.33. The monoisotopic (exact) mass is 499 g/mol. The highest BCUT2D eigenvalue weighted by Crippen LogP contribution is 2.35. The summed E-state index contributed by atoms with van der Waals surface area (Å²) >= 11 is 0.918. The predicted octanol–water partition coefficient (Wildman–Crippen LogP) is 2.18. The Kier molecular flexibility index (Phi) is 6.38. The number of imide groups is 1. The van der Waals surface area contributed by atoms with Crippen LogP contribution in [0, 0.1) is 5.92 Å². The molecule has 0 unspecified atom stereocenters. The fraction of sp³-hybridized carbons (Fsp3) is 0.474. The maximum absolute atomic E-state index is 12.8. The number of hydrazine groups is 1. The lowest BCUT2D eigenvalue weighted by Gasteiger charge is -2.33. The predicted molar refractivity (Wildman–Crippen MR) is 110 cm³/mol. The molecule has 2 fully saturated rings. The van der Waals surface area contributed by atoms with Crippen LogP contribution in [-0.2, 0) is 9.59 Å². The first-order valence-corrected chi connectivity index (χ1v) is 11.3. The Hall–Kier alpha value is -3.36. The van der Waals surface area contributed by atoms with Gasteiger partial charge in [-0.25, -0.2) is 4.79 Å². The molecule has 15 heteroatoms. The van der Waals surface area contributed by atoms with Crippen molar-refractivity contribution in [1.29, 1.82) is 0 Å². The van der Waals surface area contributed by atoms with Gasteiger partial charge in [0.15, 0.2) is 0 Å². The van der Waals surface area contributed by atoms with Crippen LogP contribution >= 0.6 is 11.8 Å². The van der Waals surface area contributed by atoms with Gasteiger partial charge in [-0.15, -0.1) is 18.3 Å². The fourth-order valence-electron chi connectivity index (χ4n) is 3.82. The van der Waals surface area contributed by atoms with Crippen LogP contribution < -0.4 is 15.5 Å². The summed E-state index contributed by atoms with van der Waals surface area (Å²) in [6.45, 7) is 2.09. The molecule has 0 atom stereocenters. The number of hydrogen-bond acceptors (Lipinski definition) is 8. The van der Waals surface area contributed by atoms with E-state index in [4.69, 9.17) is 0 Å². The fourth-order valence-corrected chi connectivity index (χ4v) is 4.51. The second-order valence-corrected chi connectivity index (χ2v) is 9.02. The van der Waals surface area contributed by atoms with Gasteiger partial charge >= 0.3 is 12.4 Å². The van der Waals surface area contributed by atoms with Crippen molar-refractivity contribution < 1.29 is 32.3 Å². The summed E-state index contributed by atoms with van der Waals surface area (Å²) in [6.07, 6.45) is -2.18. The quantitative estimate of drug-likeness (QED) is 0.457. The van der Waals surface area contributed by atoms with Crippen molar-refractivity contribution >= 4 is 29.6 Å². The SMILES string of the molecule is CC1CCC2(CC1)NC(=O)N(NC(=O)CSc1nnnn1-c1ccc(OC(F)(F)F)cc1)C2=O. The maximum atomic E-state index is 12.8. The second kappa shape index (κ2) is 9.12. The van der Waals surface area contributed by atoms with Crippen LogP contribution in [0.2, 0.25) is 0 Å². The number of carbonyl (C=O) groups is 3. The maximum Gasteiger partial charge on any atom is 0.573 e. The van der Waals surface area contributed by atoms with E-state index in [1.807, 2.05) is 0 Å². The van der Waals surface area contributed by atoms with Crippen LogP contribution in [-0.4, -0.2) is 60.7 Å². The molecule has 0 bridgehead atoms. The first-order valence-electron chi connectivity index (χ1n) is 10.3. The number of nitrogens with zero attached hydrogens (tertiary/aromatic N) is 5. The normalized spacial score (nSPS) is 22.7. The van der Waals surface area contributed by atoms with Crippen LogP contribution in [0.1, 0.15) is 32.6 Å². The summed E-state index contributed by atoms with van der Waals surface area (Å²) in [5.74, 6) is -1.27. The molecule has 2 aromatic rings. The van der Waals surface area contributed by atoms with Gasteiger partial charge < -0.3 is 10.1 Å². The highest BCUT2D eigenvalue weighted by atomic mass is 32.2. The molecule has 4 rings (SSSR count). The highest BCUT2D eigenvalue weighted by Gasteiger charge is 2.52. The zero-order chi connectivity index (χ0) is 24.5. The molecule has 11 nitrogen and oxygen atoms in total. The molecule has 182 valence electrons. The summed E-state index contributed by atoms with van der Waals surface area (Å²) in [7, 11) is 0. The number of nitrogens with one attached hydrogen (secondary N) is 2. The lowest BCUT2D eigenvalue weighted by atomic mass is 9.77. The van der Waals surface area contributed by atoms with E-state index >= 15 is 0 Å². The van der Waals surface area contributed by atoms with Crippen LogP contribution in [0.15, 0.2) is 29.4 Å². The molecular weight excluding hydrogens is 479 g/mol. The number of amides is 4. The minimum Gasteiger partial charge on any atom is -0.406 e. The van der Waals surface area contributed by atoms with Crippen LogP contribution in [0.5, 0.6) is 5.75 Å². The topological polar surface area (TPSA) is 131 Å². The van der Waals surface area contributed by atoms with Crippen molar-refractivity contribution in [3.8, 4) is 11.4 Å². The van der Waals surface area contributed by atoms with Crippen LogP contribution in [0.3, 0.4) is 0 Å². The van der Waals surface area contributed by atoms with Gasteiger partial charge in [0, 0.05) is 0 Å². The smallest absolute Gasteiger partial charge is 0.406 e. The van der Waals surface area contributed by atoms with Gasteiger partial charge in [-0.2, -0.15) is 9.69 Å². The molecule has 4 amide bonds. The summed E-state index contributed by atoms with van der Waals surface area (Å²) in [5.41, 5.74) is 1.68. The van der Waals surface area contributed by atoms with Crippen molar-refractivity contribution in [2.45, 2.75) is 49.7 Å².